The number of nitriles is 1. The van der Waals surface area contributed by atoms with Gasteiger partial charge in [0.1, 0.15) is 11.6 Å². The number of aryl methyl sites for hydroxylation is 1. The summed E-state index contributed by atoms with van der Waals surface area (Å²) in [6.45, 7) is 3.38. The summed E-state index contributed by atoms with van der Waals surface area (Å²) in [6, 6.07) is 3.13. The Kier molecular flexibility index (Phi) is 3.40. The van der Waals surface area contributed by atoms with Crippen LogP contribution in [0.3, 0.4) is 0 Å². The summed E-state index contributed by atoms with van der Waals surface area (Å²) in [5.41, 5.74) is 0.619. The van der Waals surface area contributed by atoms with E-state index in [1.54, 1.807) is 6.07 Å². The van der Waals surface area contributed by atoms with E-state index in [-0.39, 0.29) is 11.3 Å². The van der Waals surface area contributed by atoms with Gasteiger partial charge in [-0.25, -0.2) is 0 Å². The molecule has 4 nitrogen and oxygen atoms in total. The van der Waals surface area contributed by atoms with Crippen LogP contribution < -0.4 is 5.56 Å². The molecule has 0 spiro atoms. The zero-order valence-electron chi connectivity index (χ0n) is 8.76. The Morgan fingerprint density at radius 1 is 1.60 bits per heavy atom. The maximum absolute atomic E-state index is 11.3. The molecule has 1 heterocycles. The third kappa shape index (κ3) is 2.32. The highest BCUT2D eigenvalue weighted by molar-refractivity contribution is 5.95. The predicted octanol–water partition coefficient (Wildman–Crippen LogP) is 1.40. The topological polar surface area (TPSA) is 73.7 Å². The lowest BCUT2D eigenvalue weighted by Crippen LogP contribution is -2.16. The number of hydrogen-bond donors (Lipinski definition) is 1. The standard InChI is InChI=1S/C11H12N2O2/c1-3-4-10-9(7(2)14)5-8(6-12)11(15)13-10/h5H,3-4H2,1-2H3,(H,13,15). The minimum Gasteiger partial charge on any atom is -0.324 e. The van der Waals surface area contributed by atoms with Crippen molar-refractivity contribution >= 4 is 5.78 Å². The van der Waals surface area contributed by atoms with Crippen molar-refractivity contribution < 1.29 is 4.79 Å². The van der Waals surface area contributed by atoms with Crippen LogP contribution in [0.1, 0.15) is 41.9 Å². The molecule has 1 N–H and O–H groups in total. The smallest absolute Gasteiger partial charge is 0.266 e. The average Bonchev–Trinajstić information content (AvgIpc) is 2.18. The van der Waals surface area contributed by atoms with Crippen LogP contribution in [-0.2, 0) is 6.42 Å². The minimum absolute atomic E-state index is 0.0138. The van der Waals surface area contributed by atoms with Gasteiger partial charge in [-0.3, -0.25) is 9.59 Å². The van der Waals surface area contributed by atoms with Gasteiger partial charge in [0.05, 0.1) is 0 Å². The van der Waals surface area contributed by atoms with E-state index >= 15 is 0 Å². The van der Waals surface area contributed by atoms with Crippen molar-refractivity contribution in [2.45, 2.75) is 26.7 Å². The summed E-state index contributed by atoms with van der Waals surface area (Å²) >= 11 is 0. The molecule has 0 unspecified atom stereocenters. The molecule has 0 aliphatic heterocycles. The van der Waals surface area contributed by atoms with Gasteiger partial charge in [0, 0.05) is 11.3 Å². The number of nitrogens with zero attached hydrogens (tertiary/aromatic N) is 1. The van der Waals surface area contributed by atoms with Gasteiger partial charge in [-0.2, -0.15) is 5.26 Å². The van der Waals surface area contributed by atoms with Crippen molar-refractivity contribution in [2.75, 3.05) is 0 Å². The first kappa shape index (κ1) is 11.2. The van der Waals surface area contributed by atoms with Crippen LogP contribution >= 0.6 is 0 Å². The van der Waals surface area contributed by atoms with Crippen molar-refractivity contribution in [3.63, 3.8) is 0 Å². The number of pyridine rings is 1. The lowest BCUT2D eigenvalue weighted by atomic mass is 10.0. The van der Waals surface area contributed by atoms with Crippen LogP contribution in [0.2, 0.25) is 0 Å². The molecule has 15 heavy (non-hydrogen) atoms. The molecule has 0 saturated carbocycles. The molecule has 1 aromatic rings. The highest BCUT2D eigenvalue weighted by Crippen LogP contribution is 2.08. The van der Waals surface area contributed by atoms with E-state index in [0.29, 0.717) is 17.7 Å². The van der Waals surface area contributed by atoms with Crippen LogP contribution in [-0.4, -0.2) is 10.8 Å². The molecular formula is C11H12N2O2. The first-order valence-corrected chi connectivity index (χ1v) is 4.77. The first-order valence-electron chi connectivity index (χ1n) is 4.77. The first-order chi connectivity index (χ1) is 7.10. The third-order valence-electron chi connectivity index (χ3n) is 2.12. The quantitative estimate of drug-likeness (QED) is 0.756. The lowest BCUT2D eigenvalue weighted by Gasteiger charge is -2.05. The molecule has 4 heteroatoms. The second-order valence-electron chi connectivity index (χ2n) is 3.32. The van der Waals surface area contributed by atoms with Crippen LogP contribution in [0.15, 0.2) is 10.9 Å². The fraction of sp³-hybridized carbons (Fsp3) is 0.364. The fourth-order valence-corrected chi connectivity index (χ4v) is 1.41. The van der Waals surface area contributed by atoms with Crippen LogP contribution in [0.5, 0.6) is 0 Å². The van der Waals surface area contributed by atoms with E-state index in [2.05, 4.69) is 4.98 Å². The molecule has 0 fully saturated rings. The molecular weight excluding hydrogens is 192 g/mol. The lowest BCUT2D eigenvalue weighted by molar-refractivity contribution is 0.101. The molecule has 0 amide bonds. The predicted molar refractivity (Wildman–Crippen MR) is 55.8 cm³/mol. The molecule has 0 saturated heterocycles. The van der Waals surface area contributed by atoms with Gasteiger partial charge in [0.2, 0.25) is 0 Å². The van der Waals surface area contributed by atoms with E-state index in [1.807, 2.05) is 6.92 Å². The molecule has 0 aromatic carbocycles. The number of aromatic amines is 1. The van der Waals surface area contributed by atoms with Crippen molar-refractivity contribution in [3.8, 4) is 6.07 Å². The van der Waals surface area contributed by atoms with Gasteiger partial charge in [-0.1, -0.05) is 13.3 Å². The number of hydrogen-bond acceptors (Lipinski definition) is 3. The summed E-state index contributed by atoms with van der Waals surface area (Å²) in [4.78, 5) is 25.2. The number of rotatable bonds is 3. The number of carbonyl (C=O) groups excluding carboxylic acids is 1. The molecule has 1 aromatic heterocycles. The van der Waals surface area contributed by atoms with Crippen molar-refractivity contribution in [2.24, 2.45) is 0 Å². The SMILES string of the molecule is CCCc1[nH]c(=O)c(C#N)cc1C(C)=O. The minimum atomic E-state index is -0.425. The van der Waals surface area contributed by atoms with Gasteiger partial charge in [0.25, 0.3) is 5.56 Å². The van der Waals surface area contributed by atoms with Crippen LogP contribution in [0.4, 0.5) is 0 Å². The number of H-pyrrole nitrogens is 1. The van der Waals surface area contributed by atoms with E-state index in [4.69, 9.17) is 5.26 Å². The van der Waals surface area contributed by atoms with Gasteiger partial charge in [-0.15, -0.1) is 0 Å². The average molecular weight is 204 g/mol. The normalized spacial score (nSPS) is 9.67. The van der Waals surface area contributed by atoms with Crippen molar-refractivity contribution in [1.29, 1.82) is 5.26 Å². The fourth-order valence-electron chi connectivity index (χ4n) is 1.41. The monoisotopic (exact) mass is 204 g/mol. The summed E-state index contributed by atoms with van der Waals surface area (Å²) in [7, 11) is 0. The van der Waals surface area contributed by atoms with Crippen LogP contribution in [0.25, 0.3) is 0 Å². The summed E-state index contributed by atoms with van der Waals surface area (Å²) in [6.07, 6.45) is 1.47. The van der Waals surface area contributed by atoms with Gasteiger partial charge in [-0.05, 0) is 19.4 Å². The van der Waals surface area contributed by atoms with Gasteiger partial charge < -0.3 is 4.98 Å². The summed E-state index contributed by atoms with van der Waals surface area (Å²) in [5.74, 6) is -0.133. The zero-order chi connectivity index (χ0) is 11.4. The van der Waals surface area contributed by atoms with Gasteiger partial charge in [0.15, 0.2) is 5.78 Å². The Hall–Kier alpha value is -1.89. The zero-order valence-corrected chi connectivity index (χ0v) is 8.76. The Morgan fingerprint density at radius 3 is 2.73 bits per heavy atom. The Bertz CT molecular complexity index is 480. The second kappa shape index (κ2) is 4.56. The Balaban J connectivity index is 3.40. The van der Waals surface area contributed by atoms with Crippen molar-refractivity contribution in [1.82, 2.24) is 4.98 Å². The summed E-state index contributed by atoms with van der Waals surface area (Å²) in [5, 5.41) is 8.66. The molecule has 0 aliphatic rings. The highest BCUT2D eigenvalue weighted by atomic mass is 16.1. The number of aromatic nitrogens is 1. The van der Waals surface area contributed by atoms with Gasteiger partial charge >= 0.3 is 0 Å². The molecule has 0 bridgehead atoms. The van der Waals surface area contributed by atoms with E-state index in [0.717, 1.165) is 6.42 Å². The van der Waals surface area contributed by atoms with Crippen molar-refractivity contribution in [3.05, 3.63) is 33.2 Å². The summed E-state index contributed by atoms with van der Waals surface area (Å²) < 4.78 is 0. The third-order valence-corrected chi connectivity index (χ3v) is 2.12. The molecule has 0 atom stereocenters. The molecule has 78 valence electrons. The van der Waals surface area contributed by atoms with E-state index < -0.39 is 5.56 Å². The number of Topliss-reactive ketones (excluding diaryl/α,β-unsaturated/α-hetero) is 1. The Labute approximate surface area is 87.6 Å². The molecule has 1 rings (SSSR count). The Morgan fingerprint density at radius 2 is 2.27 bits per heavy atom. The largest absolute Gasteiger partial charge is 0.324 e. The second-order valence-corrected chi connectivity index (χ2v) is 3.32. The van der Waals surface area contributed by atoms with Crippen LogP contribution in [0, 0.1) is 11.3 Å². The molecule has 0 radical (unpaired) electrons. The number of carbonyl (C=O) groups is 1. The number of ketones is 1. The van der Waals surface area contributed by atoms with E-state index in [1.165, 1.54) is 13.0 Å². The number of nitrogens with one attached hydrogen (secondary N) is 1. The van der Waals surface area contributed by atoms with E-state index in [9.17, 15) is 9.59 Å². The molecule has 0 aliphatic carbocycles. The maximum atomic E-state index is 11.3. The maximum Gasteiger partial charge on any atom is 0.266 e. The highest BCUT2D eigenvalue weighted by Gasteiger charge is 2.10.